The number of aryl methyl sites for hydroxylation is 1. The van der Waals surface area contributed by atoms with Crippen LogP contribution in [0.1, 0.15) is 44.8 Å². The Morgan fingerprint density at radius 3 is 2.80 bits per heavy atom. The quantitative estimate of drug-likeness (QED) is 0.900. The number of furan rings is 1. The van der Waals surface area contributed by atoms with Crippen LogP contribution in [0, 0.1) is 6.92 Å². The first-order valence-corrected chi connectivity index (χ1v) is 7.53. The highest BCUT2D eigenvalue weighted by molar-refractivity contribution is 5.20. The van der Waals surface area contributed by atoms with Crippen LogP contribution in [0.15, 0.2) is 10.5 Å². The monoisotopic (exact) mass is 280 g/mol. The van der Waals surface area contributed by atoms with Gasteiger partial charge in [0.2, 0.25) is 0 Å². The summed E-state index contributed by atoms with van der Waals surface area (Å²) in [6.45, 7) is 15.1. The van der Waals surface area contributed by atoms with E-state index in [4.69, 9.17) is 9.15 Å². The molecule has 1 N–H and O–H groups in total. The van der Waals surface area contributed by atoms with Gasteiger partial charge in [0.25, 0.3) is 0 Å². The van der Waals surface area contributed by atoms with Crippen molar-refractivity contribution < 1.29 is 9.15 Å². The Labute approximate surface area is 122 Å². The second-order valence-electron chi connectivity index (χ2n) is 6.65. The lowest BCUT2D eigenvalue weighted by Gasteiger charge is -2.37. The van der Waals surface area contributed by atoms with Gasteiger partial charge in [0.05, 0.1) is 18.8 Å². The van der Waals surface area contributed by atoms with Crippen molar-refractivity contribution in [3.63, 3.8) is 0 Å². The highest BCUT2D eigenvalue weighted by Crippen LogP contribution is 2.21. The van der Waals surface area contributed by atoms with Crippen molar-refractivity contribution in [2.45, 2.75) is 59.4 Å². The molecule has 0 aromatic carbocycles. The average molecular weight is 280 g/mol. The molecule has 1 fully saturated rings. The Hall–Kier alpha value is -0.840. The molecule has 1 aromatic heterocycles. The lowest BCUT2D eigenvalue weighted by molar-refractivity contribution is -0.0894. The third-order valence-corrected chi connectivity index (χ3v) is 3.66. The zero-order chi connectivity index (χ0) is 14.8. The van der Waals surface area contributed by atoms with Gasteiger partial charge < -0.3 is 14.5 Å². The lowest BCUT2D eigenvalue weighted by Crippen LogP contribution is -2.47. The third kappa shape index (κ3) is 4.33. The van der Waals surface area contributed by atoms with Crippen molar-refractivity contribution in [2.24, 2.45) is 0 Å². The van der Waals surface area contributed by atoms with Crippen molar-refractivity contribution >= 4 is 0 Å². The van der Waals surface area contributed by atoms with Crippen molar-refractivity contribution in [1.29, 1.82) is 0 Å². The van der Waals surface area contributed by atoms with Crippen LogP contribution in [0.2, 0.25) is 0 Å². The Balaban J connectivity index is 1.94. The summed E-state index contributed by atoms with van der Waals surface area (Å²) in [5.74, 6) is 2.08. The fraction of sp³-hybridized carbons (Fsp3) is 0.750. The van der Waals surface area contributed by atoms with Crippen LogP contribution < -0.4 is 5.32 Å². The minimum atomic E-state index is -0.0537. The van der Waals surface area contributed by atoms with E-state index in [-0.39, 0.29) is 5.60 Å². The van der Waals surface area contributed by atoms with Gasteiger partial charge in [0.1, 0.15) is 11.5 Å². The molecule has 114 valence electrons. The number of morpholine rings is 1. The zero-order valence-electron chi connectivity index (χ0n) is 13.5. The summed E-state index contributed by atoms with van der Waals surface area (Å²) >= 11 is 0. The number of hydrogen-bond acceptors (Lipinski definition) is 4. The fourth-order valence-electron chi connectivity index (χ4n) is 2.62. The molecule has 0 atom stereocenters. The highest BCUT2D eigenvalue weighted by Gasteiger charge is 2.27. The summed E-state index contributed by atoms with van der Waals surface area (Å²) in [5, 5.41) is 3.44. The van der Waals surface area contributed by atoms with Gasteiger partial charge in [0.15, 0.2) is 0 Å². The molecule has 1 saturated heterocycles. The normalized spacial score (nSPS) is 19.7. The predicted molar refractivity (Wildman–Crippen MR) is 80.7 cm³/mol. The molecule has 1 aliphatic heterocycles. The molecule has 0 amide bonds. The van der Waals surface area contributed by atoms with Crippen molar-refractivity contribution in [3.8, 4) is 0 Å². The molecule has 4 nitrogen and oxygen atoms in total. The maximum atomic E-state index is 5.90. The number of nitrogens with zero attached hydrogens (tertiary/aromatic N) is 1. The second-order valence-corrected chi connectivity index (χ2v) is 6.65. The number of nitrogens with one attached hydrogen (secondary N) is 1. The van der Waals surface area contributed by atoms with Crippen molar-refractivity contribution in [2.75, 3.05) is 19.7 Å². The standard InChI is InChI=1S/C16H28N2O2/c1-12(2)17-9-14-8-15(20-13(14)3)10-18-6-7-19-16(4,5)11-18/h8,12,17H,6-7,9-11H2,1-5H3. The number of ether oxygens (including phenoxy) is 1. The van der Waals surface area contributed by atoms with E-state index < -0.39 is 0 Å². The second kappa shape index (κ2) is 6.29. The average Bonchev–Trinajstić information content (AvgIpc) is 2.65. The highest BCUT2D eigenvalue weighted by atomic mass is 16.5. The Bertz CT molecular complexity index is 438. The molecule has 0 radical (unpaired) electrons. The smallest absolute Gasteiger partial charge is 0.118 e. The van der Waals surface area contributed by atoms with Crippen LogP contribution >= 0.6 is 0 Å². The van der Waals surface area contributed by atoms with Crippen LogP contribution in [-0.2, 0) is 17.8 Å². The van der Waals surface area contributed by atoms with Crippen LogP contribution in [0.3, 0.4) is 0 Å². The van der Waals surface area contributed by atoms with E-state index in [1.54, 1.807) is 0 Å². The molecule has 0 aliphatic carbocycles. The summed E-state index contributed by atoms with van der Waals surface area (Å²) in [4.78, 5) is 2.40. The maximum absolute atomic E-state index is 5.90. The van der Waals surface area contributed by atoms with Gasteiger partial charge in [-0.1, -0.05) is 13.8 Å². The van der Waals surface area contributed by atoms with E-state index >= 15 is 0 Å². The van der Waals surface area contributed by atoms with Gasteiger partial charge in [-0.3, -0.25) is 4.90 Å². The van der Waals surface area contributed by atoms with Crippen LogP contribution in [0.25, 0.3) is 0 Å². The molecular weight excluding hydrogens is 252 g/mol. The van der Waals surface area contributed by atoms with E-state index in [9.17, 15) is 0 Å². The van der Waals surface area contributed by atoms with Gasteiger partial charge in [-0.15, -0.1) is 0 Å². The molecule has 0 spiro atoms. The Kier molecular flexibility index (Phi) is 4.89. The minimum absolute atomic E-state index is 0.0537. The maximum Gasteiger partial charge on any atom is 0.118 e. The molecule has 1 aliphatic rings. The molecule has 0 bridgehead atoms. The first-order chi connectivity index (χ1) is 9.35. The molecule has 4 heteroatoms. The lowest BCUT2D eigenvalue weighted by atomic mass is 10.1. The Morgan fingerprint density at radius 1 is 1.40 bits per heavy atom. The van der Waals surface area contributed by atoms with E-state index in [1.807, 2.05) is 6.92 Å². The summed E-state index contributed by atoms with van der Waals surface area (Å²) < 4.78 is 11.6. The topological polar surface area (TPSA) is 37.6 Å². The van der Waals surface area contributed by atoms with Crippen LogP contribution in [0.4, 0.5) is 0 Å². The van der Waals surface area contributed by atoms with E-state index in [2.05, 4.69) is 44.0 Å². The molecule has 2 heterocycles. The fourth-order valence-corrected chi connectivity index (χ4v) is 2.62. The van der Waals surface area contributed by atoms with E-state index in [0.717, 1.165) is 44.3 Å². The number of hydrogen-bond donors (Lipinski definition) is 1. The van der Waals surface area contributed by atoms with Gasteiger partial charge in [-0.25, -0.2) is 0 Å². The van der Waals surface area contributed by atoms with E-state index in [0.29, 0.717) is 6.04 Å². The zero-order valence-corrected chi connectivity index (χ0v) is 13.5. The largest absolute Gasteiger partial charge is 0.465 e. The Morgan fingerprint density at radius 2 is 2.15 bits per heavy atom. The number of rotatable bonds is 5. The van der Waals surface area contributed by atoms with Crippen molar-refractivity contribution in [3.05, 3.63) is 23.2 Å². The van der Waals surface area contributed by atoms with Gasteiger partial charge in [-0.05, 0) is 26.8 Å². The molecule has 1 aromatic rings. The third-order valence-electron chi connectivity index (χ3n) is 3.66. The van der Waals surface area contributed by atoms with Gasteiger partial charge in [0, 0.05) is 31.2 Å². The first-order valence-electron chi connectivity index (χ1n) is 7.53. The predicted octanol–water partition coefficient (Wildman–Crippen LogP) is 2.70. The van der Waals surface area contributed by atoms with Crippen LogP contribution in [0.5, 0.6) is 0 Å². The van der Waals surface area contributed by atoms with Crippen molar-refractivity contribution in [1.82, 2.24) is 10.2 Å². The molecule has 0 saturated carbocycles. The van der Waals surface area contributed by atoms with Gasteiger partial charge in [-0.2, -0.15) is 0 Å². The van der Waals surface area contributed by atoms with E-state index in [1.165, 1.54) is 5.56 Å². The van der Waals surface area contributed by atoms with Crippen LogP contribution in [-0.4, -0.2) is 36.2 Å². The summed E-state index contributed by atoms with van der Waals surface area (Å²) in [7, 11) is 0. The molecular formula is C16H28N2O2. The summed E-state index contributed by atoms with van der Waals surface area (Å²) in [6, 6.07) is 2.68. The molecule has 0 unspecified atom stereocenters. The van der Waals surface area contributed by atoms with Gasteiger partial charge >= 0.3 is 0 Å². The summed E-state index contributed by atoms with van der Waals surface area (Å²) in [6.07, 6.45) is 0. The first kappa shape index (κ1) is 15.5. The molecule has 2 rings (SSSR count). The minimum Gasteiger partial charge on any atom is -0.465 e. The SMILES string of the molecule is Cc1oc(CN2CCOC(C)(C)C2)cc1CNC(C)C. The summed E-state index contributed by atoms with van der Waals surface area (Å²) in [5.41, 5.74) is 1.21. The molecule has 20 heavy (non-hydrogen) atoms.